The van der Waals surface area contributed by atoms with Gasteiger partial charge in [-0.3, -0.25) is 0 Å². The Bertz CT molecular complexity index is 1130. The number of fused-ring (bicyclic) bond motifs is 3. The zero-order valence-corrected chi connectivity index (χ0v) is 19.5. The van der Waals surface area contributed by atoms with Gasteiger partial charge in [-0.2, -0.15) is 0 Å². The first kappa shape index (κ1) is 23.9. The van der Waals surface area contributed by atoms with Crippen LogP contribution in [0.2, 0.25) is 0 Å². The van der Waals surface area contributed by atoms with E-state index < -0.39 is 37.3 Å². The van der Waals surface area contributed by atoms with Gasteiger partial charge in [-0.1, -0.05) is 12.1 Å². The van der Waals surface area contributed by atoms with Crippen molar-refractivity contribution in [2.75, 3.05) is 13.2 Å². The lowest BCUT2D eigenvalue weighted by Crippen LogP contribution is -2.60. The van der Waals surface area contributed by atoms with Gasteiger partial charge in [0, 0.05) is 17.5 Å². The Morgan fingerprint density at radius 1 is 1.06 bits per heavy atom. The molecule has 1 saturated heterocycles. The summed E-state index contributed by atoms with van der Waals surface area (Å²) in [4.78, 5) is 0. The van der Waals surface area contributed by atoms with Crippen molar-refractivity contribution in [3.63, 3.8) is 0 Å². The van der Waals surface area contributed by atoms with Gasteiger partial charge in [0.2, 0.25) is 6.29 Å². The molecule has 0 aromatic heterocycles. The number of hydrogen-bond donors (Lipinski definition) is 5. The highest BCUT2D eigenvalue weighted by atomic mass is 16.7. The highest BCUT2D eigenvalue weighted by Gasteiger charge is 2.45. The Morgan fingerprint density at radius 2 is 1.86 bits per heavy atom. The quantitative estimate of drug-likeness (QED) is 0.435. The predicted octanol–water partition coefficient (Wildman–Crippen LogP) is 1.47. The third kappa shape index (κ3) is 4.46. The zero-order chi connectivity index (χ0) is 24.9. The van der Waals surface area contributed by atoms with E-state index in [1.54, 1.807) is 6.07 Å². The van der Waals surface area contributed by atoms with Crippen molar-refractivity contribution in [1.82, 2.24) is 0 Å². The minimum absolute atomic E-state index is 0.0514. The molecule has 6 atom stereocenters. The van der Waals surface area contributed by atoms with E-state index in [0.717, 1.165) is 28.2 Å². The zero-order valence-electron chi connectivity index (χ0n) is 19.5. The highest BCUT2D eigenvalue weighted by Crippen LogP contribution is 2.44. The molecule has 2 aromatic rings. The summed E-state index contributed by atoms with van der Waals surface area (Å²) in [5, 5.41) is 50.1. The number of benzene rings is 2. The lowest BCUT2D eigenvalue weighted by molar-refractivity contribution is -0.277. The minimum Gasteiger partial charge on any atom is -0.508 e. The molecule has 0 aliphatic carbocycles. The van der Waals surface area contributed by atoms with Gasteiger partial charge in [0.25, 0.3) is 0 Å². The van der Waals surface area contributed by atoms with Gasteiger partial charge in [-0.15, -0.1) is 0 Å². The first-order chi connectivity index (χ1) is 16.7. The number of ether oxygens (including phenoxy) is 4. The van der Waals surface area contributed by atoms with Gasteiger partial charge >= 0.3 is 0 Å². The molecule has 0 amide bonds. The molecule has 0 bridgehead atoms. The van der Waals surface area contributed by atoms with Crippen LogP contribution in [0, 0.1) is 0 Å². The Labute approximate surface area is 202 Å². The number of aliphatic hydroxyl groups excluding tert-OH is 4. The largest absolute Gasteiger partial charge is 0.508 e. The average Bonchev–Trinajstić information content (AvgIpc) is 2.83. The molecule has 9 nitrogen and oxygen atoms in total. The van der Waals surface area contributed by atoms with Crippen molar-refractivity contribution in [3.05, 3.63) is 53.1 Å². The second kappa shape index (κ2) is 9.00. The van der Waals surface area contributed by atoms with Gasteiger partial charge in [0.1, 0.15) is 53.0 Å². The number of rotatable bonds is 4. The summed E-state index contributed by atoms with van der Waals surface area (Å²) in [6.45, 7) is 3.76. The van der Waals surface area contributed by atoms with Gasteiger partial charge in [-0.05, 0) is 50.1 Å². The number of hydrogen-bond acceptors (Lipinski definition) is 9. The number of aromatic hydroxyl groups is 1. The lowest BCUT2D eigenvalue weighted by atomic mass is 9.87. The molecule has 0 radical (unpaired) electrons. The van der Waals surface area contributed by atoms with Crippen molar-refractivity contribution < 1.29 is 44.5 Å². The van der Waals surface area contributed by atoms with E-state index >= 15 is 0 Å². The van der Waals surface area contributed by atoms with E-state index in [-0.39, 0.29) is 23.0 Å². The summed E-state index contributed by atoms with van der Waals surface area (Å²) in [6.07, 6.45) is -2.43. The summed E-state index contributed by atoms with van der Waals surface area (Å²) in [7, 11) is 0. The van der Waals surface area contributed by atoms with Gasteiger partial charge in [-0.25, -0.2) is 0 Å². The number of phenols is 1. The van der Waals surface area contributed by atoms with E-state index in [1.165, 1.54) is 12.1 Å². The molecule has 9 heteroatoms. The first-order valence-corrected chi connectivity index (χ1v) is 11.6. The fourth-order valence-electron chi connectivity index (χ4n) is 4.77. The minimum atomic E-state index is -1.57. The molecule has 3 aliphatic rings. The molecule has 3 aliphatic heterocycles. The monoisotopic (exact) mass is 486 g/mol. The lowest BCUT2D eigenvalue weighted by Gasteiger charge is -2.40. The smallest absolute Gasteiger partial charge is 0.229 e. The van der Waals surface area contributed by atoms with Gasteiger partial charge in [0.15, 0.2) is 0 Å². The SMILES string of the molecule is CC1(C)C=Cc2c(ccc3c2OC[C@@H](c2ccc(O)cc2O[C@H]2O[C@H](CO)[C@@H](O)[C@H](O)[C@H]2O)C3)O1. The van der Waals surface area contributed by atoms with Crippen LogP contribution in [0.15, 0.2) is 36.4 Å². The van der Waals surface area contributed by atoms with Crippen LogP contribution in [0.25, 0.3) is 6.08 Å². The molecule has 3 heterocycles. The van der Waals surface area contributed by atoms with E-state index in [0.29, 0.717) is 13.0 Å². The van der Waals surface area contributed by atoms with E-state index in [1.807, 2.05) is 38.1 Å². The maximum atomic E-state index is 10.4. The summed E-state index contributed by atoms with van der Waals surface area (Å²) in [5.41, 5.74) is 2.24. The van der Waals surface area contributed by atoms with E-state index in [2.05, 4.69) is 0 Å². The van der Waals surface area contributed by atoms with Crippen LogP contribution in [0.4, 0.5) is 0 Å². The second-order valence-electron chi connectivity index (χ2n) is 9.75. The van der Waals surface area contributed by atoms with Crippen LogP contribution in [0.3, 0.4) is 0 Å². The normalized spacial score (nSPS) is 31.0. The topological polar surface area (TPSA) is 138 Å². The third-order valence-corrected chi connectivity index (χ3v) is 6.69. The second-order valence-corrected chi connectivity index (χ2v) is 9.75. The van der Waals surface area contributed by atoms with Crippen LogP contribution >= 0.6 is 0 Å². The average molecular weight is 487 g/mol. The van der Waals surface area contributed by atoms with Crippen LogP contribution < -0.4 is 14.2 Å². The van der Waals surface area contributed by atoms with Crippen LogP contribution in [-0.4, -0.2) is 75.1 Å². The third-order valence-electron chi connectivity index (χ3n) is 6.69. The van der Waals surface area contributed by atoms with Crippen molar-refractivity contribution in [3.8, 4) is 23.0 Å². The predicted molar refractivity (Wildman–Crippen MR) is 125 cm³/mol. The van der Waals surface area contributed by atoms with E-state index in [4.69, 9.17) is 18.9 Å². The summed E-state index contributed by atoms with van der Waals surface area (Å²) < 4.78 is 23.6. The summed E-state index contributed by atoms with van der Waals surface area (Å²) in [6, 6.07) is 8.58. The van der Waals surface area contributed by atoms with Crippen molar-refractivity contribution in [2.45, 2.75) is 62.5 Å². The Kier molecular flexibility index (Phi) is 6.14. The fraction of sp³-hybridized carbons (Fsp3) is 0.462. The van der Waals surface area contributed by atoms with Crippen molar-refractivity contribution in [1.29, 1.82) is 0 Å². The molecule has 0 unspecified atom stereocenters. The molecule has 5 N–H and O–H groups in total. The number of aliphatic hydroxyl groups is 4. The molecular formula is C26H30O9. The molecular weight excluding hydrogens is 456 g/mol. The molecule has 2 aromatic carbocycles. The summed E-state index contributed by atoms with van der Waals surface area (Å²) >= 11 is 0. The summed E-state index contributed by atoms with van der Waals surface area (Å²) in [5.74, 6) is 1.61. The van der Waals surface area contributed by atoms with Crippen molar-refractivity contribution in [2.24, 2.45) is 0 Å². The molecule has 35 heavy (non-hydrogen) atoms. The molecule has 5 rings (SSSR count). The molecule has 188 valence electrons. The maximum absolute atomic E-state index is 10.4. The van der Waals surface area contributed by atoms with Crippen LogP contribution in [0.5, 0.6) is 23.0 Å². The van der Waals surface area contributed by atoms with Crippen molar-refractivity contribution >= 4 is 6.08 Å². The van der Waals surface area contributed by atoms with Gasteiger partial charge in [0.05, 0.1) is 18.8 Å². The number of phenolic OH excluding ortho intramolecular Hbond substituents is 1. The molecule has 0 spiro atoms. The molecule has 1 fully saturated rings. The van der Waals surface area contributed by atoms with Crippen LogP contribution in [0.1, 0.15) is 36.5 Å². The maximum Gasteiger partial charge on any atom is 0.229 e. The first-order valence-electron chi connectivity index (χ1n) is 11.6. The Morgan fingerprint density at radius 3 is 2.63 bits per heavy atom. The standard InChI is InChI=1S/C26H30O9/c1-26(2)8-7-17-18(35-26)6-3-13-9-14(12-32-24(13)17)16-5-4-15(28)10-19(16)33-25-23(31)22(30)21(29)20(11-27)34-25/h3-8,10,14,20-23,25,27-31H,9,11-12H2,1-2H3/t14-,20+,21+,22-,23+,25-/m0/s1. The Balaban J connectivity index is 1.41. The Hall–Kier alpha value is -2.82. The van der Waals surface area contributed by atoms with Gasteiger partial charge < -0.3 is 44.5 Å². The van der Waals surface area contributed by atoms with E-state index in [9.17, 15) is 25.5 Å². The highest BCUT2D eigenvalue weighted by molar-refractivity contribution is 5.69. The fourth-order valence-corrected chi connectivity index (χ4v) is 4.77. The molecule has 0 saturated carbocycles. The van der Waals surface area contributed by atoms with Crippen LogP contribution in [-0.2, 0) is 11.2 Å².